The number of aromatic nitrogens is 2. The third-order valence-corrected chi connectivity index (χ3v) is 3.75. The molecule has 23 heavy (non-hydrogen) atoms. The van der Waals surface area contributed by atoms with E-state index in [-0.39, 0.29) is 5.91 Å². The monoisotopic (exact) mass is 315 g/mol. The SMILES string of the molecule is CN(Cc1cnn(C)c1)C(=O)c1ccc(CCC(C)(C)O)cc1. The standard InChI is InChI=1S/C18H25N3O2/c1-18(2,23)10-9-14-5-7-16(8-6-14)17(22)20(3)12-15-11-19-21(4)13-15/h5-8,11,13,23H,9-10,12H2,1-4H3. The first-order valence-corrected chi connectivity index (χ1v) is 7.79. The Morgan fingerprint density at radius 3 is 2.43 bits per heavy atom. The van der Waals surface area contributed by atoms with E-state index in [1.54, 1.807) is 36.7 Å². The molecule has 1 N–H and O–H groups in total. The van der Waals surface area contributed by atoms with Crippen molar-refractivity contribution in [3.05, 3.63) is 53.3 Å². The van der Waals surface area contributed by atoms with Gasteiger partial charge in [-0.1, -0.05) is 12.1 Å². The Morgan fingerprint density at radius 2 is 1.91 bits per heavy atom. The summed E-state index contributed by atoms with van der Waals surface area (Å²) in [6.07, 6.45) is 5.16. The van der Waals surface area contributed by atoms with Gasteiger partial charge in [-0.3, -0.25) is 9.48 Å². The highest BCUT2D eigenvalue weighted by Crippen LogP contribution is 2.15. The van der Waals surface area contributed by atoms with E-state index >= 15 is 0 Å². The lowest BCUT2D eigenvalue weighted by molar-refractivity contribution is 0.0713. The van der Waals surface area contributed by atoms with E-state index in [1.165, 1.54) is 0 Å². The number of aliphatic hydroxyl groups is 1. The van der Waals surface area contributed by atoms with E-state index in [4.69, 9.17) is 0 Å². The van der Waals surface area contributed by atoms with Gasteiger partial charge in [-0.2, -0.15) is 5.10 Å². The van der Waals surface area contributed by atoms with Crippen LogP contribution in [0.25, 0.3) is 0 Å². The highest BCUT2D eigenvalue weighted by Gasteiger charge is 2.14. The van der Waals surface area contributed by atoms with Crippen LogP contribution in [0.3, 0.4) is 0 Å². The van der Waals surface area contributed by atoms with Crippen molar-refractivity contribution in [3.63, 3.8) is 0 Å². The molecule has 5 nitrogen and oxygen atoms in total. The van der Waals surface area contributed by atoms with Crippen molar-refractivity contribution < 1.29 is 9.90 Å². The van der Waals surface area contributed by atoms with Gasteiger partial charge >= 0.3 is 0 Å². The number of rotatable bonds is 6. The molecule has 0 spiro atoms. The van der Waals surface area contributed by atoms with Gasteiger partial charge in [-0.05, 0) is 44.4 Å². The lowest BCUT2D eigenvalue weighted by Gasteiger charge is -2.18. The van der Waals surface area contributed by atoms with Gasteiger partial charge in [0, 0.05) is 38.0 Å². The van der Waals surface area contributed by atoms with Gasteiger partial charge in [0.05, 0.1) is 11.8 Å². The number of hydrogen-bond acceptors (Lipinski definition) is 3. The lowest BCUT2D eigenvalue weighted by atomic mass is 9.98. The molecule has 0 radical (unpaired) electrons. The molecule has 1 aromatic heterocycles. The molecule has 124 valence electrons. The zero-order valence-corrected chi connectivity index (χ0v) is 14.3. The molecular weight excluding hydrogens is 290 g/mol. The summed E-state index contributed by atoms with van der Waals surface area (Å²) < 4.78 is 1.73. The Morgan fingerprint density at radius 1 is 1.26 bits per heavy atom. The summed E-state index contributed by atoms with van der Waals surface area (Å²) in [5, 5.41) is 13.9. The second-order valence-corrected chi connectivity index (χ2v) is 6.69. The smallest absolute Gasteiger partial charge is 0.253 e. The van der Waals surface area contributed by atoms with Crippen LogP contribution < -0.4 is 0 Å². The molecule has 0 saturated carbocycles. The largest absolute Gasteiger partial charge is 0.390 e. The van der Waals surface area contributed by atoms with Crippen molar-refractivity contribution >= 4 is 5.91 Å². The van der Waals surface area contributed by atoms with Gasteiger partial charge < -0.3 is 10.0 Å². The van der Waals surface area contributed by atoms with Crippen LogP contribution in [-0.4, -0.2) is 38.3 Å². The summed E-state index contributed by atoms with van der Waals surface area (Å²) in [4.78, 5) is 14.1. The average molecular weight is 315 g/mol. The topological polar surface area (TPSA) is 58.4 Å². The highest BCUT2D eigenvalue weighted by molar-refractivity contribution is 5.94. The molecular formula is C18H25N3O2. The maximum Gasteiger partial charge on any atom is 0.253 e. The molecule has 0 unspecified atom stereocenters. The van der Waals surface area contributed by atoms with Crippen LogP contribution in [0.5, 0.6) is 0 Å². The molecule has 0 fully saturated rings. The molecule has 0 aliphatic rings. The van der Waals surface area contributed by atoms with E-state index in [1.807, 2.05) is 37.5 Å². The fourth-order valence-electron chi connectivity index (χ4n) is 2.38. The number of benzene rings is 1. The molecule has 0 bridgehead atoms. The van der Waals surface area contributed by atoms with E-state index in [2.05, 4.69) is 5.10 Å². The Bertz CT molecular complexity index is 654. The molecule has 2 rings (SSSR count). The van der Waals surface area contributed by atoms with Gasteiger partial charge in [-0.15, -0.1) is 0 Å². The summed E-state index contributed by atoms with van der Waals surface area (Å²) in [7, 11) is 3.65. The summed E-state index contributed by atoms with van der Waals surface area (Å²) >= 11 is 0. The molecule has 0 atom stereocenters. The first kappa shape index (κ1) is 17.2. The van der Waals surface area contributed by atoms with Crippen LogP contribution in [0.2, 0.25) is 0 Å². The van der Waals surface area contributed by atoms with E-state index in [9.17, 15) is 9.90 Å². The van der Waals surface area contributed by atoms with Gasteiger partial charge in [-0.25, -0.2) is 0 Å². The van der Waals surface area contributed by atoms with Crippen LogP contribution in [0, 0.1) is 0 Å². The van der Waals surface area contributed by atoms with E-state index < -0.39 is 5.60 Å². The normalized spacial score (nSPS) is 11.5. The van der Waals surface area contributed by atoms with E-state index in [0.717, 1.165) is 17.5 Å². The lowest BCUT2D eigenvalue weighted by Crippen LogP contribution is -2.26. The van der Waals surface area contributed by atoms with Crippen LogP contribution in [0.15, 0.2) is 36.7 Å². The molecule has 1 heterocycles. The zero-order valence-electron chi connectivity index (χ0n) is 14.3. The Labute approximate surface area is 137 Å². The first-order valence-electron chi connectivity index (χ1n) is 7.79. The predicted octanol–water partition coefficient (Wildman–Crippen LogP) is 2.40. The molecule has 0 saturated heterocycles. The minimum Gasteiger partial charge on any atom is -0.390 e. The molecule has 2 aromatic rings. The summed E-state index contributed by atoms with van der Waals surface area (Å²) in [5.41, 5.74) is 2.13. The van der Waals surface area contributed by atoms with Crippen molar-refractivity contribution in [1.29, 1.82) is 0 Å². The molecule has 1 amide bonds. The van der Waals surface area contributed by atoms with Crippen LogP contribution >= 0.6 is 0 Å². The Hall–Kier alpha value is -2.14. The Balaban J connectivity index is 1.96. The molecule has 0 aliphatic carbocycles. The summed E-state index contributed by atoms with van der Waals surface area (Å²) in [6, 6.07) is 7.61. The molecule has 0 aliphatic heterocycles. The number of aryl methyl sites for hydroxylation is 2. The number of nitrogens with zero attached hydrogens (tertiary/aromatic N) is 3. The summed E-state index contributed by atoms with van der Waals surface area (Å²) in [5.74, 6) is -0.0112. The van der Waals surface area contributed by atoms with Crippen LogP contribution in [0.1, 0.15) is 41.8 Å². The van der Waals surface area contributed by atoms with Gasteiger partial charge in [0.2, 0.25) is 0 Å². The maximum atomic E-state index is 12.4. The van der Waals surface area contributed by atoms with Crippen molar-refractivity contribution in [1.82, 2.24) is 14.7 Å². The quantitative estimate of drug-likeness (QED) is 0.890. The van der Waals surface area contributed by atoms with Crippen molar-refractivity contribution in [2.24, 2.45) is 7.05 Å². The summed E-state index contributed by atoms with van der Waals surface area (Å²) in [6.45, 7) is 4.14. The molecule has 1 aromatic carbocycles. The Kier molecular flexibility index (Phi) is 5.21. The van der Waals surface area contributed by atoms with Crippen LogP contribution in [-0.2, 0) is 20.0 Å². The van der Waals surface area contributed by atoms with Gasteiger partial charge in [0.1, 0.15) is 0 Å². The highest BCUT2D eigenvalue weighted by atomic mass is 16.3. The third-order valence-electron chi connectivity index (χ3n) is 3.75. The fraction of sp³-hybridized carbons (Fsp3) is 0.444. The van der Waals surface area contributed by atoms with Crippen molar-refractivity contribution in [2.75, 3.05) is 7.05 Å². The predicted molar refractivity (Wildman–Crippen MR) is 90.1 cm³/mol. The van der Waals surface area contributed by atoms with Crippen LogP contribution in [0.4, 0.5) is 0 Å². The maximum absolute atomic E-state index is 12.4. The average Bonchev–Trinajstić information content (AvgIpc) is 2.89. The zero-order chi connectivity index (χ0) is 17.0. The second kappa shape index (κ2) is 6.96. The second-order valence-electron chi connectivity index (χ2n) is 6.69. The number of hydrogen-bond donors (Lipinski definition) is 1. The fourth-order valence-corrected chi connectivity index (χ4v) is 2.38. The van der Waals surface area contributed by atoms with Crippen molar-refractivity contribution in [3.8, 4) is 0 Å². The number of amides is 1. The third kappa shape index (κ3) is 5.21. The minimum atomic E-state index is -0.668. The number of carbonyl (C=O) groups is 1. The first-order chi connectivity index (χ1) is 10.7. The van der Waals surface area contributed by atoms with Crippen molar-refractivity contribution in [2.45, 2.75) is 38.8 Å². The minimum absolute atomic E-state index is 0.0112. The molecule has 5 heteroatoms. The van der Waals surface area contributed by atoms with Gasteiger partial charge in [0.15, 0.2) is 0 Å². The van der Waals surface area contributed by atoms with Gasteiger partial charge in [0.25, 0.3) is 5.91 Å². The van der Waals surface area contributed by atoms with E-state index in [0.29, 0.717) is 18.5 Å². The number of carbonyl (C=O) groups excluding carboxylic acids is 1.